The monoisotopic (exact) mass is 224 g/mol. The van der Waals surface area contributed by atoms with Crippen molar-refractivity contribution in [3.63, 3.8) is 0 Å². The normalized spacial score (nSPS) is 13.3. The molecule has 1 rings (SSSR count). The van der Waals surface area contributed by atoms with Crippen LogP contribution in [0.3, 0.4) is 0 Å². The second kappa shape index (κ2) is 6.71. The van der Waals surface area contributed by atoms with Crippen molar-refractivity contribution in [1.82, 2.24) is 10.2 Å². The van der Waals surface area contributed by atoms with Crippen LogP contribution in [-0.4, -0.2) is 30.6 Å². The minimum absolute atomic E-state index is 0.574. The van der Waals surface area contributed by atoms with Crippen LogP contribution in [0.5, 0.6) is 0 Å². The predicted molar refractivity (Wildman–Crippen MR) is 67.5 cm³/mol. The molecule has 0 aromatic carbocycles. The summed E-state index contributed by atoms with van der Waals surface area (Å²) in [6, 6.07) is 2.58. The summed E-state index contributed by atoms with van der Waals surface area (Å²) in [6.45, 7) is 12.8. The Kier molecular flexibility index (Phi) is 5.56. The number of nitrogens with one attached hydrogen (secondary N) is 1. The average molecular weight is 224 g/mol. The Hall–Kier alpha value is -0.800. The van der Waals surface area contributed by atoms with Crippen LogP contribution in [0.2, 0.25) is 0 Å². The van der Waals surface area contributed by atoms with Gasteiger partial charge in [-0.2, -0.15) is 0 Å². The van der Waals surface area contributed by atoms with Gasteiger partial charge in [0.1, 0.15) is 5.76 Å². The van der Waals surface area contributed by atoms with Gasteiger partial charge in [0.05, 0.1) is 12.8 Å². The number of rotatable bonds is 7. The first-order chi connectivity index (χ1) is 7.69. The van der Waals surface area contributed by atoms with Gasteiger partial charge in [-0.15, -0.1) is 0 Å². The molecule has 0 spiro atoms. The van der Waals surface area contributed by atoms with Gasteiger partial charge in [-0.05, 0) is 38.6 Å². The first kappa shape index (κ1) is 13.3. The van der Waals surface area contributed by atoms with Gasteiger partial charge in [0.2, 0.25) is 0 Å². The van der Waals surface area contributed by atoms with E-state index >= 15 is 0 Å². The Labute approximate surface area is 98.8 Å². The summed E-state index contributed by atoms with van der Waals surface area (Å²) >= 11 is 0. The molecule has 0 saturated heterocycles. The van der Waals surface area contributed by atoms with Crippen molar-refractivity contribution in [2.24, 2.45) is 0 Å². The van der Waals surface area contributed by atoms with Gasteiger partial charge in [-0.3, -0.25) is 4.90 Å². The van der Waals surface area contributed by atoms with Crippen molar-refractivity contribution in [2.45, 2.75) is 40.3 Å². The largest absolute Gasteiger partial charge is 0.468 e. The van der Waals surface area contributed by atoms with Crippen molar-refractivity contribution in [3.8, 4) is 0 Å². The maximum Gasteiger partial charge on any atom is 0.120 e. The molecule has 92 valence electrons. The highest BCUT2D eigenvalue weighted by Gasteiger charge is 2.09. The van der Waals surface area contributed by atoms with E-state index in [2.05, 4.69) is 37.9 Å². The average Bonchev–Trinajstić information content (AvgIpc) is 2.66. The molecule has 16 heavy (non-hydrogen) atoms. The zero-order valence-corrected chi connectivity index (χ0v) is 10.9. The fourth-order valence-corrected chi connectivity index (χ4v) is 1.96. The smallest absolute Gasteiger partial charge is 0.120 e. The Balaban J connectivity index is 2.27. The highest BCUT2D eigenvalue weighted by molar-refractivity contribution is 5.14. The molecule has 1 unspecified atom stereocenters. The quantitative estimate of drug-likeness (QED) is 0.771. The lowest BCUT2D eigenvalue weighted by molar-refractivity contribution is 0.224. The number of hydrogen-bond acceptors (Lipinski definition) is 3. The zero-order valence-electron chi connectivity index (χ0n) is 10.9. The summed E-state index contributed by atoms with van der Waals surface area (Å²) in [4.78, 5) is 2.45. The Morgan fingerprint density at radius 3 is 2.56 bits per heavy atom. The van der Waals surface area contributed by atoms with Gasteiger partial charge >= 0.3 is 0 Å². The molecule has 1 atom stereocenters. The molecule has 1 aromatic rings. The van der Waals surface area contributed by atoms with Gasteiger partial charge in [-0.1, -0.05) is 13.8 Å². The van der Waals surface area contributed by atoms with Gasteiger partial charge in [0.25, 0.3) is 0 Å². The van der Waals surface area contributed by atoms with Crippen LogP contribution >= 0.6 is 0 Å². The topological polar surface area (TPSA) is 28.4 Å². The van der Waals surface area contributed by atoms with E-state index in [4.69, 9.17) is 4.42 Å². The summed E-state index contributed by atoms with van der Waals surface area (Å²) in [5.41, 5.74) is 1.22. The predicted octanol–water partition coefficient (Wildman–Crippen LogP) is 2.41. The van der Waals surface area contributed by atoms with Crippen molar-refractivity contribution < 1.29 is 4.42 Å². The molecule has 0 aliphatic heterocycles. The molecule has 1 heterocycles. The highest BCUT2D eigenvalue weighted by Crippen LogP contribution is 2.07. The SMILES string of the molecule is CCN(CC)C(C)CNCc1occc1C. The minimum atomic E-state index is 0.574. The third-order valence-electron chi connectivity index (χ3n) is 3.13. The molecular weight excluding hydrogens is 200 g/mol. The van der Waals surface area contributed by atoms with E-state index in [1.807, 2.05) is 6.07 Å². The number of likely N-dealkylation sites (N-methyl/N-ethyl adjacent to an activating group) is 1. The molecule has 0 bridgehead atoms. The van der Waals surface area contributed by atoms with E-state index in [-0.39, 0.29) is 0 Å². The summed E-state index contributed by atoms with van der Waals surface area (Å²) in [7, 11) is 0. The lowest BCUT2D eigenvalue weighted by atomic mass is 10.2. The van der Waals surface area contributed by atoms with Crippen LogP contribution in [0.25, 0.3) is 0 Å². The molecule has 0 radical (unpaired) electrons. The van der Waals surface area contributed by atoms with Crippen molar-refractivity contribution in [2.75, 3.05) is 19.6 Å². The third-order valence-corrected chi connectivity index (χ3v) is 3.13. The van der Waals surface area contributed by atoms with Crippen LogP contribution in [0.1, 0.15) is 32.1 Å². The van der Waals surface area contributed by atoms with Crippen LogP contribution in [0.15, 0.2) is 16.7 Å². The summed E-state index contributed by atoms with van der Waals surface area (Å²) in [5, 5.41) is 3.44. The first-order valence-corrected chi connectivity index (χ1v) is 6.16. The standard InChI is InChI=1S/C13H24N2O/c1-5-15(6-2)12(4)9-14-10-13-11(3)7-8-16-13/h7-8,12,14H,5-6,9-10H2,1-4H3. The van der Waals surface area contributed by atoms with Crippen molar-refractivity contribution in [3.05, 3.63) is 23.7 Å². The third kappa shape index (κ3) is 3.65. The summed E-state index contributed by atoms with van der Waals surface area (Å²) in [6.07, 6.45) is 1.75. The maximum absolute atomic E-state index is 5.38. The molecule has 0 aliphatic carbocycles. The second-order valence-corrected chi connectivity index (χ2v) is 4.23. The molecule has 3 nitrogen and oxygen atoms in total. The Morgan fingerprint density at radius 2 is 2.06 bits per heavy atom. The molecule has 0 fully saturated rings. The van der Waals surface area contributed by atoms with E-state index in [0.717, 1.165) is 31.9 Å². The van der Waals surface area contributed by atoms with Gasteiger partial charge in [0, 0.05) is 12.6 Å². The molecule has 0 aliphatic rings. The number of nitrogens with zero attached hydrogens (tertiary/aromatic N) is 1. The fraction of sp³-hybridized carbons (Fsp3) is 0.692. The fourth-order valence-electron chi connectivity index (χ4n) is 1.96. The molecule has 3 heteroatoms. The first-order valence-electron chi connectivity index (χ1n) is 6.16. The maximum atomic E-state index is 5.38. The van der Waals surface area contributed by atoms with Crippen LogP contribution < -0.4 is 5.32 Å². The van der Waals surface area contributed by atoms with E-state index in [0.29, 0.717) is 6.04 Å². The van der Waals surface area contributed by atoms with Gasteiger partial charge in [0.15, 0.2) is 0 Å². The number of hydrogen-bond donors (Lipinski definition) is 1. The molecular formula is C13H24N2O. The van der Waals surface area contributed by atoms with Crippen LogP contribution in [-0.2, 0) is 6.54 Å². The number of aryl methyl sites for hydroxylation is 1. The lowest BCUT2D eigenvalue weighted by Crippen LogP contribution is -2.39. The molecule has 1 aromatic heterocycles. The van der Waals surface area contributed by atoms with E-state index in [1.165, 1.54) is 5.56 Å². The molecule has 0 amide bonds. The Bertz CT molecular complexity index is 292. The highest BCUT2D eigenvalue weighted by atomic mass is 16.3. The second-order valence-electron chi connectivity index (χ2n) is 4.23. The summed E-state index contributed by atoms with van der Waals surface area (Å²) in [5.74, 6) is 1.05. The van der Waals surface area contributed by atoms with Crippen LogP contribution in [0.4, 0.5) is 0 Å². The summed E-state index contributed by atoms with van der Waals surface area (Å²) < 4.78 is 5.38. The number of furan rings is 1. The van der Waals surface area contributed by atoms with Gasteiger partial charge < -0.3 is 9.73 Å². The van der Waals surface area contributed by atoms with Crippen LogP contribution in [0, 0.1) is 6.92 Å². The van der Waals surface area contributed by atoms with E-state index < -0.39 is 0 Å². The molecule has 0 saturated carbocycles. The van der Waals surface area contributed by atoms with Gasteiger partial charge in [-0.25, -0.2) is 0 Å². The minimum Gasteiger partial charge on any atom is -0.468 e. The zero-order chi connectivity index (χ0) is 12.0. The van der Waals surface area contributed by atoms with Crippen molar-refractivity contribution >= 4 is 0 Å². The van der Waals surface area contributed by atoms with E-state index in [9.17, 15) is 0 Å². The molecule has 1 N–H and O–H groups in total. The van der Waals surface area contributed by atoms with Crippen molar-refractivity contribution in [1.29, 1.82) is 0 Å². The van der Waals surface area contributed by atoms with E-state index in [1.54, 1.807) is 6.26 Å². The lowest BCUT2D eigenvalue weighted by Gasteiger charge is -2.26. The Morgan fingerprint density at radius 1 is 1.38 bits per heavy atom.